The molecule has 6 nitrogen and oxygen atoms in total. The summed E-state index contributed by atoms with van der Waals surface area (Å²) in [7, 11) is 1.78. The van der Waals surface area contributed by atoms with Gasteiger partial charge < -0.3 is 15.4 Å². The number of amides is 1. The Morgan fingerprint density at radius 1 is 1.31 bits per heavy atom. The third-order valence-electron chi connectivity index (χ3n) is 5.03. The number of ether oxygens (including phenoxy) is 1. The van der Waals surface area contributed by atoms with Gasteiger partial charge in [0, 0.05) is 29.9 Å². The molecule has 170 valence electrons. The normalized spacial score (nSPS) is 14.3. The topological polar surface area (TPSA) is 75.6 Å². The van der Waals surface area contributed by atoms with E-state index in [1.54, 1.807) is 18.4 Å². The van der Waals surface area contributed by atoms with Crippen molar-refractivity contribution in [2.75, 3.05) is 18.9 Å². The van der Waals surface area contributed by atoms with Crippen LogP contribution in [0.4, 0.5) is 9.93 Å². The molecule has 1 amide bonds. The summed E-state index contributed by atoms with van der Waals surface area (Å²) in [5, 5.41) is 9.17. The van der Waals surface area contributed by atoms with E-state index in [1.807, 2.05) is 40.0 Å². The minimum Gasteiger partial charge on any atom is -0.444 e. The molecular formula is C25H32N4O2S. The van der Waals surface area contributed by atoms with Crippen LogP contribution in [0.25, 0.3) is 16.8 Å². The summed E-state index contributed by atoms with van der Waals surface area (Å²) in [6.07, 6.45) is 6.77. The van der Waals surface area contributed by atoms with E-state index < -0.39 is 11.7 Å². The number of alkyl carbamates (subject to hydrolysis) is 1. The highest BCUT2D eigenvalue weighted by atomic mass is 32.1. The first-order valence-corrected chi connectivity index (χ1v) is 11.8. The Hall–Kier alpha value is -2.93. The molecule has 1 heterocycles. The molecule has 1 fully saturated rings. The number of aromatic nitrogens is 1. The van der Waals surface area contributed by atoms with Crippen LogP contribution in [0, 0.1) is 0 Å². The number of nitrogens with zero attached hydrogens (tertiary/aromatic N) is 2. The van der Waals surface area contributed by atoms with Crippen molar-refractivity contribution in [2.24, 2.45) is 4.99 Å². The standard InChI is InChI=1S/C25H32N4O2S/c1-6-17(14-26-5)19-11-8-12-20(13-19)22-16-32-23(29-22)28-21(18-9-7-10-18)15-27-24(30)31-25(2,3)4/h6,8,11-14,16H,7,9-10,15H2,1-5H3,(H,27,30)(H,28,29)/b17-6+,26-14-. The van der Waals surface area contributed by atoms with Crippen molar-refractivity contribution >= 4 is 34.3 Å². The van der Waals surface area contributed by atoms with Crippen LogP contribution in [-0.4, -0.2) is 36.5 Å². The lowest BCUT2D eigenvalue weighted by Crippen LogP contribution is -2.35. The van der Waals surface area contributed by atoms with E-state index in [0.717, 1.165) is 46.1 Å². The van der Waals surface area contributed by atoms with Gasteiger partial charge in [0.2, 0.25) is 0 Å². The summed E-state index contributed by atoms with van der Waals surface area (Å²) in [6.45, 7) is 7.98. The minimum atomic E-state index is -0.518. The summed E-state index contributed by atoms with van der Waals surface area (Å²) >= 11 is 1.56. The Labute approximate surface area is 194 Å². The molecule has 0 atom stereocenters. The zero-order valence-corrected chi connectivity index (χ0v) is 20.3. The number of rotatable bonds is 7. The van der Waals surface area contributed by atoms with Crippen LogP contribution in [0.5, 0.6) is 0 Å². The molecule has 0 unspecified atom stereocenters. The van der Waals surface area contributed by atoms with Crippen LogP contribution in [-0.2, 0) is 4.74 Å². The monoisotopic (exact) mass is 452 g/mol. The van der Waals surface area contributed by atoms with Crippen LogP contribution in [0.2, 0.25) is 0 Å². The smallest absolute Gasteiger partial charge is 0.407 e. The second kappa shape index (κ2) is 10.6. The van der Waals surface area contributed by atoms with Crippen LogP contribution in [0.15, 0.2) is 52.0 Å². The van der Waals surface area contributed by atoms with Crippen LogP contribution in [0.3, 0.4) is 0 Å². The van der Waals surface area contributed by atoms with Gasteiger partial charge in [0.05, 0.1) is 12.2 Å². The number of allylic oxidation sites excluding steroid dienone is 3. The molecule has 1 aromatic heterocycles. The lowest BCUT2D eigenvalue weighted by molar-refractivity contribution is 0.0532. The van der Waals surface area contributed by atoms with E-state index in [-0.39, 0.29) is 0 Å². The first kappa shape index (κ1) is 23.7. The minimum absolute atomic E-state index is 0.398. The first-order chi connectivity index (χ1) is 15.3. The van der Waals surface area contributed by atoms with Gasteiger partial charge in [0.15, 0.2) is 5.13 Å². The number of hydrogen-bond acceptors (Lipinski definition) is 6. The molecular weight excluding hydrogens is 420 g/mol. The summed E-state index contributed by atoms with van der Waals surface area (Å²) in [5.41, 5.74) is 5.98. The lowest BCUT2D eigenvalue weighted by Gasteiger charge is -2.24. The Morgan fingerprint density at radius 3 is 2.72 bits per heavy atom. The molecule has 1 aromatic carbocycles. The summed E-state index contributed by atoms with van der Waals surface area (Å²) in [6, 6.07) is 8.31. The molecule has 1 saturated carbocycles. The summed E-state index contributed by atoms with van der Waals surface area (Å²) in [5.74, 6) is 0. The Bertz CT molecular complexity index is 1040. The van der Waals surface area contributed by atoms with Crippen molar-refractivity contribution < 1.29 is 9.53 Å². The van der Waals surface area contributed by atoms with Gasteiger partial charge in [-0.05, 0) is 69.7 Å². The highest BCUT2D eigenvalue weighted by molar-refractivity contribution is 7.14. The molecule has 32 heavy (non-hydrogen) atoms. The second-order valence-corrected chi connectivity index (χ2v) is 9.52. The van der Waals surface area contributed by atoms with Gasteiger partial charge in [-0.25, -0.2) is 9.78 Å². The van der Waals surface area contributed by atoms with Gasteiger partial charge in [0.1, 0.15) is 5.60 Å². The average Bonchev–Trinajstić information content (AvgIpc) is 3.16. The summed E-state index contributed by atoms with van der Waals surface area (Å²) in [4.78, 5) is 21.0. The Kier molecular flexibility index (Phi) is 7.85. The number of hydrogen-bond donors (Lipinski definition) is 2. The molecule has 1 aliphatic carbocycles. The second-order valence-electron chi connectivity index (χ2n) is 8.67. The SMILES string of the molecule is C/C=C(\C=N/C)c1cccc(-c2csc(NC(CNC(=O)OC(C)(C)C)=C3CCC3)n2)c1. The van der Waals surface area contributed by atoms with Gasteiger partial charge >= 0.3 is 6.09 Å². The Balaban J connectivity index is 1.72. The number of anilines is 1. The first-order valence-electron chi connectivity index (χ1n) is 10.9. The molecule has 2 aromatic rings. The maximum atomic E-state index is 12.1. The van der Waals surface area contributed by atoms with E-state index in [4.69, 9.17) is 9.72 Å². The number of nitrogens with one attached hydrogen (secondary N) is 2. The van der Waals surface area contributed by atoms with Gasteiger partial charge in [-0.3, -0.25) is 4.99 Å². The van der Waals surface area contributed by atoms with Gasteiger partial charge in [-0.15, -0.1) is 11.3 Å². The molecule has 0 aliphatic heterocycles. The zero-order chi connectivity index (χ0) is 23.1. The van der Waals surface area contributed by atoms with Crippen LogP contribution in [0.1, 0.15) is 52.5 Å². The van der Waals surface area contributed by atoms with Crippen molar-refractivity contribution in [1.29, 1.82) is 0 Å². The average molecular weight is 453 g/mol. The van der Waals surface area contributed by atoms with E-state index in [1.165, 1.54) is 12.0 Å². The van der Waals surface area contributed by atoms with Crippen molar-refractivity contribution in [3.8, 4) is 11.3 Å². The van der Waals surface area contributed by atoms with Gasteiger partial charge in [0.25, 0.3) is 0 Å². The largest absolute Gasteiger partial charge is 0.444 e. The van der Waals surface area contributed by atoms with Crippen molar-refractivity contribution in [1.82, 2.24) is 10.3 Å². The molecule has 7 heteroatoms. The van der Waals surface area contributed by atoms with E-state index in [0.29, 0.717) is 6.54 Å². The molecule has 3 rings (SSSR count). The number of aliphatic imine (C=N–C) groups is 1. The zero-order valence-electron chi connectivity index (χ0n) is 19.5. The summed E-state index contributed by atoms with van der Waals surface area (Å²) < 4.78 is 5.36. The number of carbonyl (C=O) groups is 1. The maximum absolute atomic E-state index is 12.1. The highest BCUT2D eigenvalue weighted by Gasteiger charge is 2.19. The molecule has 2 N–H and O–H groups in total. The Morgan fingerprint density at radius 2 is 2.09 bits per heavy atom. The van der Waals surface area contributed by atoms with Crippen LogP contribution < -0.4 is 10.6 Å². The van der Waals surface area contributed by atoms with Gasteiger partial charge in [-0.1, -0.05) is 24.3 Å². The molecule has 0 saturated heterocycles. The van der Waals surface area contributed by atoms with Crippen molar-refractivity contribution in [2.45, 2.75) is 52.6 Å². The van der Waals surface area contributed by atoms with E-state index in [2.05, 4.69) is 45.3 Å². The number of benzene rings is 1. The number of thiazole rings is 1. The lowest BCUT2D eigenvalue weighted by atomic mass is 9.90. The van der Waals surface area contributed by atoms with Crippen molar-refractivity contribution in [3.05, 3.63) is 52.6 Å². The molecule has 0 radical (unpaired) electrons. The quantitative estimate of drug-likeness (QED) is 0.484. The molecule has 0 bridgehead atoms. The van der Waals surface area contributed by atoms with Crippen LogP contribution >= 0.6 is 11.3 Å². The fourth-order valence-electron chi connectivity index (χ4n) is 3.29. The van der Waals surface area contributed by atoms with E-state index >= 15 is 0 Å². The number of carbonyl (C=O) groups excluding carboxylic acids is 1. The molecule has 0 spiro atoms. The fraction of sp³-hybridized carbons (Fsp3) is 0.400. The third kappa shape index (κ3) is 6.53. The highest BCUT2D eigenvalue weighted by Crippen LogP contribution is 2.32. The molecule has 1 aliphatic rings. The van der Waals surface area contributed by atoms with Crippen molar-refractivity contribution in [3.63, 3.8) is 0 Å². The third-order valence-corrected chi connectivity index (χ3v) is 5.78. The predicted octanol–water partition coefficient (Wildman–Crippen LogP) is 6.29. The predicted molar refractivity (Wildman–Crippen MR) is 134 cm³/mol. The maximum Gasteiger partial charge on any atom is 0.407 e. The van der Waals surface area contributed by atoms with E-state index in [9.17, 15) is 4.79 Å². The van der Waals surface area contributed by atoms with Gasteiger partial charge in [-0.2, -0.15) is 0 Å². The fourth-order valence-corrected chi connectivity index (χ4v) is 4.04.